The second kappa shape index (κ2) is 16.3. The molecule has 0 amide bonds. The molecule has 24 heavy (non-hydrogen) atoms. The maximum absolute atomic E-state index is 9.56. The Morgan fingerprint density at radius 1 is 0.792 bits per heavy atom. The van der Waals surface area contributed by atoms with Crippen LogP contribution in [0.3, 0.4) is 0 Å². The van der Waals surface area contributed by atoms with Crippen molar-refractivity contribution in [2.45, 2.75) is 85.0 Å². The van der Waals surface area contributed by atoms with Gasteiger partial charge in [0.25, 0.3) is 0 Å². The highest BCUT2D eigenvalue weighted by atomic mass is 32.3. The van der Waals surface area contributed by atoms with Crippen molar-refractivity contribution < 1.29 is 21.6 Å². The molecule has 0 aromatic rings. The fraction of sp³-hybridized carbons (Fsp3) is 1.00. The lowest BCUT2D eigenvalue weighted by molar-refractivity contribution is -0.888. The molecule has 0 unspecified atom stereocenters. The molecule has 0 aromatic heterocycles. The van der Waals surface area contributed by atoms with Crippen molar-refractivity contribution in [1.82, 2.24) is 0 Å². The van der Waals surface area contributed by atoms with Crippen LogP contribution in [0.4, 0.5) is 0 Å². The van der Waals surface area contributed by atoms with Gasteiger partial charge in [0.1, 0.15) is 0 Å². The van der Waals surface area contributed by atoms with Gasteiger partial charge >= 0.3 is 10.4 Å². The summed E-state index contributed by atoms with van der Waals surface area (Å²) in [7, 11) is 0.508. The molecule has 0 atom stereocenters. The van der Waals surface area contributed by atoms with E-state index in [2.05, 4.69) is 32.1 Å². The monoisotopic (exact) mass is 368 g/mol. The number of rotatable bonds is 14. The van der Waals surface area contributed by atoms with Crippen molar-refractivity contribution in [3.05, 3.63) is 0 Å². The summed E-state index contributed by atoms with van der Waals surface area (Å²) in [5.41, 5.74) is 0. The lowest BCUT2D eigenvalue weighted by atomic mass is 10.1. The van der Waals surface area contributed by atoms with Crippen molar-refractivity contribution in [3.63, 3.8) is 0 Å². The van der Waals surface area contributed by atoms with Crippen molar-refractivity contribution in [2.75, 3.05) is 33.8 Å². The summed E-state index contributed by atoms with van der Waals surface area (Å²) in [4.78, 5) is 0. The minimum absolute atomic E-state index is 0.0289. The molecule has 0 aliphatic rings. The Bertz CT molecular complexity index is 356. The van der Waals surface area contributed by atoms with Crippen LogP contribution in [0.25, 0.3) is 0 Å². The molecule has 1 N–H and O–H groups in total. The van der Waals surface area contributed by atoms with Crippen LogP contribution in [-0.4, -0.2) is 51.2 Å². The quantitative estimate of drug-likeness (QED) is 0.271. The van der Waals surface area contributed by atoms with Crippen molar-refractivity contribution >= 4 is 10.4 Å². The van der Waals surface area contributed by atoms with E-state index in [9.17, 15) is 8.42 Å². The Labute approximate surface area is 151 Å². The van der Waals surface area contributed by atoms with Crippen LogP contribution >= 0.6 is 0 Å². The number of unbranched alkanes of at least 4 members (excludes halogenated alkanes) is 9. The highest BCUT2D eigenvalue weighted by Gasteiger charge is 2.09. The molecule has 0 radical (unpaired) electrons. The van der Waals surface area contributed by atoms with Gasteiger partial charge in [-0.2, -0.15) is 8.42 Å². The first-order chi connectivity index (χ1) is 11.2. The molecule has 0 saturated carbocycles. The molecule has 0 saturated heterocycles. The highest BCUT2D eigenvalue weighted by molar-refractivity contribution is 7.80. The predicted molar refractivity (Wildman–Crippen MR) is 103 cm³/mol. The van der Waals surface area contributed by atoms with Gasteiger partial charge in [-0.25, -0.2) is 4.18 Å². The lowest BCUT2D eigenvalue weighted by Gasteiger charge is -2.28. The van der Waals surface area contributed by atoms with E-state index in [0.717, 1.165) is 0 Å². The van der Waals surface area contributed by atoms with Gasteiger partial charge in [0.05, 0.1) is 33.8 Å². The minimum Gasteiger partial charge on any atom is -0.329 e. The van der Waals surface area contributed by atoms with E-state index in [0.29, 0.717) is 0 Å². The van der Waals surface area contributed by atoms with Gasteiger partial charge in [0.2, 0.25) is 0 Å². The third kappa shape index (κ3) is 24.1. The van der Waals surface area contributed by atoms with E-state index in [1.807, 2.05) is 0 Å². The third-order valence-electron chi connectivity index (χ3n) is 4.24. The van der Waals surface area contributed by atoms with Crippen LogP contribution < -0.4 is 0 Å². The van der Waals surface area contributed by atoms with Crippen LogP contribution in [0.1, 0.15) is 85.0 Å². The molecular weight excluding hydrogens is 326 g/mol. The molecule has 0 aromatic carbocycles. The van der Waals surface area contributed by atoms with Gasteiger partial charge in [0, 0.05) is 0 Å². The molecule has 0 heterocycles. The first-order valence-electron chi connectivity index (χ1n) is 9.62. The Balaban J connectivity index is 0. The predicted octanol–water partition coefficient (Wildman–Crippen LogP) is 4.83. The van der Waals surface area contributed by atoms with Gasteiger partial charge < -0.3 is 4.48 Å². The van der Waals surface area contributed by atoms with Crippen LogP contribution in [0, 0.1) is 0 Å². The number of nitrogens with zero attached hydrogens (tertiary/aromatic N) is 1. The molecule has 6 heteroatoms. The normalized spacial score (nSPS) is 11.9. The standard InChI is InChI=1S/C16H36N.C2H6O4S/c1-5-7-8-9-10-11-12-13-14-15-16-17(3,4)6-2;1-2-6-7(3,4)5/h5-16H2,1-4H3;2H2,1H3,(H,3,4,5)/q+1;. The summed E-state index contributed by atoms with van der Waals surface area (Å²) in [6.07, 6.45) is 14.4. The molecule has 5 nitrogen and oxygen atoms in total. The second-order valence-corrected chi connectivity index (χ2v) is 8.08. The first kappa shape index (κ1) is 26.1. The van der Waals surface area contributed by atoms with Crippen LogP contribution in [0.15, 0.2) is 0 Å². The highest BCUT2D eigenvalue weighted by Crippen LogP contribution is 2.11. The van der Waals surface area contributed by atoms with Gasteiger partial charge in [0.15, 0.2) is 0 Å². The van der Waals surface area contributed by atoms with Gasteiger partial charge in [-0.3, -0.25) is 4.55 Å². The zero-order chi connectivity index (χ0) is 18.9. The van der Waals surface area contributed by atoms with E-state index in [1.54, 1.807) is 0 Å². The van der Waals surface area contributed by atoms with Gasteiger partial charge in [-0.1, -0.05) is 58.3 Å². The van der Waals surface area contributed by atoms with Crippen molar-refractivity contribution in [1.29, 1.82) is 0 Å². The number of hydrogen-bond acceptors (Lipinski definition) is 3. The zero-order valence-electron chi connectivity index (χ0n) is 16.7. The van der Waals surface area contributed by atoms with E-state index in [-0.39, 0.29) is 6.61 Å². The fourth-order valence-corrected chi connectivity index (χ4v) is 2.63. The Kier molecular flexibility index (Phi) is 17.7. The number of quaternary nitrogens is 1. The van der Waals surface area contributed by atoms with E-state index >= 15 is 0 Å². The average Bonchev–Trinajstić information content (AvgIpc) is 2.48. The smallest absolute Gasteiger partial charge is 0.329 e. The molecular formula is C18H42NO4S+. The van der Waals surface area contributed by atoms with Crippen molar-refractivity contribution in [3.8, 4) is 0 Å². The Morgan fingerprint density at radius 3 is 1.50 bits per heavy atom. The Hall–Kier alpha value is -0.170. The maximum Gasteiger partial charge on any atom is 0.397 e. The summed E-state index contributed by atoms with van der Waals surface area (Å²) in [6.45, 7) is 8.63. The van der Waals surface area contributed by atoms with Crippen LogP contribution in [0.5, 0.6) is 0 Å². The Morgan fingerprint density at radius 2 is 1.21 bits per heavy atom. The van der Waals surface area contributed by atoms with Crippen molar-refractivity contribution in [2.24, 2.45) is 0 Å². The topological polar surface area (TPSA) is 63.6 Å². The lowest BCUT2D eigenvalue weighted by Crippen LogP contribution is -2.39. The molecule has 0 spiro atoms. The maximum atomic E-state index is 9.56. The van der Waals surface area contributed by atoms with Gasteiger partial charge in [-0.15, -0.1) is 0 Å². The van der Waals surface area contributed by atoms with Crippen LogP contribution in [-0.2, 0) is 14.6 Å². The van der Waals surface area contributed by atoms with E-state index in [4.69, 9.17) is 4.55 Å². The summed E-state index contributed by atoms with van der Waals surface area (Å²) >= 11 is 0. The molecule has 0 bridgehead atoms. The molecule has 0 aliphatic carbocycles. The van der Waals surface area contributed by atoms with E-state index < -0.39 is 10.4 Å². The molecule has 0 rings (SSSR count). The summed E-state index contributed by atoms with van der Waals surface area (Å²) in [5, 5.41) is 0. The molecule has 0 aliphatic heterocycles. The second-order valence-electron chi connectivity index (χ2n) is 6.99. The summed E-state index contributed by atoms with van der Waals surface area (Å²) in [6, 6.07) is 0. The number of hydrogen-bond donors (Lipinski definition) is 1. The SMILES string of the molecule is CCCCCCCCCCCC[N+](C)(C)CC.CCOS(=O)(=O)O. The molecule has 0 fully saturated rings. The zero-order valence-corrected chi connectivity index (χ0v) is 17.5. The third-order valence-corrected chi connectivity index (χ3v) is 4.77. The summed E-state index contributed by atoms with van der Waals surface area (Å²) in [5.74, 6) is 0. The average molecular weight is 369 g/mol. The first-order valence-corrected chi connectivity index (χ1v) is 11.0. The van der Waals surface area contributed by atoms with Gasteiger partial charge in [-0.05, 0) is 26.7 Å². The molecule has 148 valence electrons. The minimum atomic E-state index is -4.17. The summed E-state index contributed by atoms with van der Waals surface area (Å²) < 4.78 is 31.8. The fourth-order valence-electron chi connectivity index (χ4n) is 2.33. The van der Waals surface area contributed by atoms with E-state index in [1.165, 1.54) is 88.7 Å². The van der Waals surface area contributed by atoms with Crippen LogP contribution in [0.2, 0.25) is 0 Å². The largest absolute Gasteiger partial charge is 0.397 e.